The molecule has 0 aliphatic carbocycles. The van der Waals surface area contributed by atoms with Crippen molar-refractivity contribution < 1.29 is 5.11 Å². The van der Waals surface area contributed by atoms with Gasteiger partial charge in [0.05, 0.1) is 6.10 Å². The lowest BCUT2D eigenvalue weighted by Crippen LogP contribution is -2.41. The van der Waals surface area contributed by atoms with Gasteiger partial charge in [-0.1, -0.05) is 34.6 Å². The van der Waals surface area contributed by atoms with E-state index in [-0.39, 0.29) is 12.1 Å². The summed E-state index contributed by atoms with van der Waals surface area (Å²) in [5.74, 6) is 0. The summed E-state index contributed by atoms with van der Waals surface area (Å²) in [6.45, 7) is 12.1. The molecule has 0 aromatic heterocycles. The smallest absolute Gasteiger partial charge is 0.0665 e. The van der Waals surface area contributed by atoms with Crippen molar-refractivity contribution >= 4 is 0 Å². The van der Waals surface area contributed by atoms with Gasteiger partial charge in [0, 0.05) is 12.1 Å². The standard InChI is InChI=1S/C8H19NO.C2H6/c1-5-8(7(4)10)9-6(2)3;1-2/h6-10H,5H2,1-4H3;1-2H3. The van der Waals surface area contributed by atoms with Crippen LogP contribution in [0.3, 0.4) is 0 Å². The van der Waals surface area contributed by atoms with Crippen molar-refractivity contribution in [2.45, 2.75) is 66.2 Å². The van der Waals surface area contributed by atoms with Crippen LogP contribution in [-0.4, -0.2) is 23.3 Å². The zero-order valence-corrected chi connectivity index (χ0v) is 9.39. The third-order valence-electron chi connectivity index (χ3n) is 1.57. The van der Waals surface area contributed by atoms with Crippen LogP contribution < -0.4 is 5.32 Å². The lowest BCUT2D eigenvalue weighted by atomic mass is 10.1. The van der Waals surface area contributed by atoms with Gasteiger partial charge in [0.1, 0.15) is 0 Å². The molecule has 0 radical (unpaired) electrons. The summed E-state index contributed by atoms with van der Waals surface area (Å²) in [6.07, 6.45) is 0.739. The first-order valence-electron chi connectivity index (χ1n) is 5.02. The number of rotatable bonds is 4. The fourth-order valence-corrected chi connectivity index (χ4v) is 1.03. The second-order valence-corrected chi connectivity index (χ2v) is 3.08. The number of hydrogen-bond donors (Lipinski definition) is 2. The summed E-state index contributed by atoms with van der Waals surface area (Å²) in [5.41, 5.74) is 0. The van der Waals surface area contributed by atoms with Gasteiger partial charge in [0.25, 0.3) is 0 Å². The van der Waals surface area contributed by atoms with Crippen LogP contribution >= 0.6 is 0 Å². The molecule has 12 heavy (non-hydrogen) atoms. The van der Waals surface area contributed by atoms with Crippen LogP contribution in [0.5, 0.6) is 0 Å². The first-order chi connectivity index (χ1) is 5.57. The van der Waals surface area contributed by atoms with Crippen molar-refractivity contribution in [2.24, 2.45) is 0 Å². The molecule has 0 bridgehead atoms. The highest BCUT2D eigenvalue weighted by Gasteiger charge is 2.11. The van der Waals surface area contributed by atoms with Gasteiger partial charge in [-0.15, -0.1) is 0 Å². The molecule has 0 aromatic carbocycles. The topological polar surface area (TPSA) is 32.3 Å². The molecule has 0 aliphatic heterocycles. The third-order valence-corrected chi connectivity index (χ3v) is 1.57. The molecule has 0 saturated heterocycles. The molecule has 76 valence electrons. The summed E-state index contributed by atoms with van der Waals surface area (Å²) >= 11 is 0. The van der Waals surface area contributed by atoms with Gasteiger partial charge >= 0.3 is 0 Å². The van der Waals surface area contributed by atoms with Gasteiger partial charge in [-0.25, -0.2) is 0 Å². The highest BCUT2D eigenvalue weighted by molar-refractivity contribution is 4.72. The van der Waals surface area contributed by atoms with Crippen LogP contribution in [-0.2, 0) is 0 Å². The van der Waals surface area contributed by atoms with Crippen molar-refractivity contribution in [3.63, 3.8) is 0 Å². The predicted molar refractivity (Wildman–Crippen MR) is 55.4 cm³/mol. The van der Waals surface area contributed by atoms with Crippen molar-refractivity contribution in [1.29, 1.82) is 0 Å². The summed E-state index contributed by atoms with van der Waals surface area (Å²) in [5, 5.41) is 12.5. The molecule has 2 nitrogen and oxygen atoms in total. The molecule has 2 atom stereocenters. The maximum atomic E-state index is 9.20. The fraction of sp³-hybridized carbons (Fsp3) is 1.00. The van der Waals surface area contributed by atoms with Gasteiger partial charge in [-0.05, 0) is 13.3 Å². The van der Waals surface area contributed by atoms with E-state index in [0.29, 0.717) is 6.04 Å². The van der Waals surface area contributed by atoms with Crippen LogP contribution in [0.15, 0.2) is 0 Å². The zero-order valence-electron chi connectivity index (χ0n) is 9.39. The summed E-state index contributed by atoms with van der Waals surface area (Å²) in [6, 6.07) is 0.708. The third kappa shape index (κ3) is 8.02. The SMILES string of the molecule is CC.CCC(NC(C)C)C(C)O. The number of hydrogen-bond acceptors (Lipinski definition) is 2. The van der Waals surface area contributed by atoms with E-state index >= 15 is 0 Å². The first-order valence-corrected chi connectivity index (χ1v) is 5.02. The van der Waals surface area contributed by atoms with E-state index < -0.39 is 0 Å². The lowest BCUT2D eigenvalue weighted by Gasteiger charge is -2.22. The van der Waals surface area contributed by atoms with Crippen LogP contribution in [0.4, 0.5) is 0 Å². The van der Waals surface area contributed by atoms with Crippen LogP contribution in [0.2, 0.25) is 0 Å². The van der Waals surface area contributed by atoms with Crippen molar-refractivity contribution in [1.82, 2.24) is 5.32 Å². The Balaban J connectivity index is 0. The fourth-order valence-electron chi connectivity index (χ4n) is 1.03. The summed E-state index contributed by atoms with van der Waals surface area (Å²) in [7, 11) is 0. The molecule has 0 aromatic rings. The second kappa shape index (κ2) is 9.01. The quantitative estimate of drug-likeness (QED) is 0.686. The number of aliphatic hydroxyl groups is 1. The number of aliphatic hydroxyl groups excluding tert-OH is 1. The van der Waals surface area contributed by atoms with Crippen LogP contribution in [0, 0.1) is 0 Å². The lowest BCUT2D eigenvalue weighted by molar-refractivity contribution is 0.138. The van der Waals surface area contributed by atoms with Crippen LogP contribution in [0.25, 0.3) is 0 Å². The zero-order chi connectivity index (χ0) is 10.1. The molecule has 2 N–H and O–H groups in total. The second-order valence-electron chi connectivity index (χ2n) is 3.08. The Bertz CT molecular complexity index is 81.9. The Morgan fingerprint density at radius 2 is 1.58 bits per heavy atom. The average molecular weight is 175 g/mol. The molecular formula is C10H25NO. The Kier molecular flexibility index (Phi) is 10.8. The molecule has 2 heteroatoms. The van der Waals surface area contributed by atoms with Gasteiger partial charge in [0.2, 0.25) is 0 Å². The van der Waals surface area contributed by atoms with Crippen LogP contribution in [0.1, 0.15) is 48.0 Å². The monoisotopic (exact) mass is 175 g/mol. The molecule has 0 fully saturated rings. The Hall–Kier alpha value is -0.0800. The molecule has 0 spiro atoms. The molecule has 2 unspecified atom stereocenters. The molecule has 0 aliphatic rings. The van der Waals surface area contributed by atoms with E-state index in [1.807, 2.05) is 20.8 Å². The van der Waals surface area contributed by atoms with E-state index in [9.17, 15) is 5.11 Å². The highest BCUT2D eigenvalue weighted by Crippen LogP contribution is 1.98. The average Bonchev–Trinajstić information content (AvgIpc) is 2.03. The van der Waals surface area contributed by atoms with Crippen molar-refractivity contribution in [3.8, 4) is 0 Å². The first kappa shape index (κ1) is 14.4. The Morgan fingerprint density at radius 1 is 1.17 bits per heavy atom. The minimum Gasteiger partial charge on any atom is -0.392 e. The van der Waals surface area contributed by atoms with Gasteiger partial charge in [-0.2, -0.15) is 0 Å². The summed E-state index contributed by atoms with van der Waals surface area (Å²) in [4.78, 5) is 0. The Labute approximate surface area is 77.4 Å². The van der Waals surface area contributed by atoms with E-state index in [2.05, 4.69) is 26.1 Å². The van der Waals surface area contributed by atoms with Gasteiger partial charge in [-0.3, -0.25) is 0 Å². The maximum absolute atomic E-state index is 9.20. The molecule has 0 saturated carbocycles. The predicted octanol–water partition coefficient (Wildman–Crippen LogP) is 2.17. The minimum atomic E-state index is -0.243. The van der Waals surface area contributed by atoms with E-state index in [1.54, 1.807) is 0 Å². The van der Waals surface area contributed by atoms with E-state index in [1.165, 1.54) is 0 Å². The highest BCUT2D eigenvalue weighted by atomic mass is 16.3. The maximum Gasteiger partial charge on any atom is 0.0665 e. The molecule has 0 heterocycles. The van der Waals surface area contributed by atoms with Crippen molar-refractivity contribution in [3.05, 3.63) is 0 Å². The van der Waals surface area contributed by atoms with E-state index in [4.69, 9.17) is 0 Å². The largest absolute Gasteiger partial charge is 0.392 e. The van der Waals surface area contributed by atoms with Gasteiger partial charge < -0.3 is 10.4 Å². The normalized spacial score (nSPS) is 15.0. The van der Waals surface area contributed by atoms with Crippen molar-refractivity contribution in [2.75, 3.05) is 0 Å². The summed E-state index contributed by atoms with van der Waals surface area (Å²) < 4.78 is 0. The number of nitrogens with one attached hydrogen (secondary N) is 1. The van der Waals surface area contributed by atoms with Gasteiger partial charge in [0.15, 0.2) is 0 Å². The minimum absolute atomic E-state index is 0.243. The molecule has 0 amide bonds. The van der Waals surface area contributed by atoms with E-state index in [0.717, 1.165) is 6.42 Å². The molecular weight excluding hydrogens is 150 g/mol. The Morgan fingerprint density at radius 3 is 1.67 bits per heavy atom. The molecule has 0 rings (SSSR count).